The van der Waals surface area contributed by atoms with Crippen molar-refractivity contribution in [2.75, 3.05) is 0 Å². The average Bonchev–Trinajstić information content (AvgIpc) is 2.66. The molecule has 2 rings (SSSR count). The molecule has 1 aliphatic rings. The van der Waals surface area contributed by atoms with E-state index in [1.54, 1.807) is 6.33 Å². The highest BCUT2D eigenvalue weighted by Crippen LogP contribution is 2.27. The Labute approximate surface area is 116 Å². The van der Waals surface area contributed by atoms with E-state index in [4.69, 9.17) is 0 Å². The zero-order valence-corrected chi connectivity index (χ0v) is 12.3. The third-order valence-corrected chi connectivity index (χ3v) is 4.13. The van der Waals surface area contributed by atoms with Crippen molar-refractivity contribution >= 4 is 0 Å². The second-order valence-electron chi connectivity index (χ2n) is 6.17. The van der Waals surface area contributed by atoms with Gasteiger partial charge in [-0.2, -0.15) is 5.10 Å². The van der Waals surface area contributed by atoms with Crippen molar-refractivity contribution < 1.29 is 5.11 Å². The first-order valence-corrected chi connectivity index (χ1v) is 7.73. The number of rotatable bonds is 5. The molecule has 1 unspecified atom stereocenters. The molecule has 0 amide bonds. The van der Waals surface area contributed by atoms with E-state index in [9.17, 15) is 5.11 Å². The zero-order chi connectivity index (χ0) is 13.7. The molecule has 1 heterocycles. The molecule has 1 atom stereocenters. The van der Waals surface area contributed by atoms with Gasteiger partial charge in [0.05, 0.1) is 6.10 Å². The van der Waals surface area contributed by atoms with E-state index < -0.39 is 0 Å². The molecule has 1 saturated carbocycles. The molecule has 19 heavy (non-hydrogen) atoms. The minimum Gasteiger partial charge on any atom is -0.393 e. The molecule has 1 aromatic rings. The fourth-order valence-corrected chi connectivity index (χ4v) is 3.13. The van der Waals surface area contributed by atoms with Crippen LogP contribution in [0.25, 0.3) is 0 Å². The second kappa shape index (κ2) is 7.04. The minimum atomic E-state index is -0.273. The molecule has 1 aliphatic carbocycles. The van der Waals surface area contributed by atoms with E-state index in [0.717, 1.165) is 12.2 Å². The van der Waals surface area contributed by atoms with Crippen molar-refractivity contribution in [3.05, 3.63) is 12.2 Å². The lowest BCUT2D eigenvalue weighted by Crippen LogP contribution is -2.19. The predicted octanol–water partition coefficient (Wildman–Crippen LogP) is 3.12. The van der Waals surface area contributed by atoms with Crippen molar-refractivity contribution in [1.29, 1.82) is 0 Å². The minimum absolute atomic E-state index is 0.273. The highest BCUT2D eigenvalue weighted by Gasteiger charge is 2.19. The molecule has 4 heteroatoms. The van der Waals surface area contributed by atoms with Crippen LogP contribution in [0.4, 0.5) is 0 Å². The lowest BCUT2D eigenvalue weighted by molar-refractivity contribution is 0.134. The summed E-state index contributed by atoms with van der Waals surface area (Å²) < 4.78 is 1.91. The van der Waals surface area contributed by atoms with Crippen LogP contribution in [0.3, 0.4) is 0 Å². The van der Waals surface area contributed by atoms with E-state index in [-0.39, 0.29) is 6.10 Å². The van der Waals surface area contributed by atoms with Gasteiger partial charge in [0, 0.05) is 12.5 Å². The number of hydrogen-bond acceptors (Lipinski definition) is 3. The molecule has 0 spiro atoms. The average molecular weight is 265 g/mol. The van der Waals surface area contributed by atoms with Gasteiger partial charge in [0.1, 0.15) is 12.2 Å². The summed E-state index contributed by atoms with van der Waals surface area (Å²) in [5.41, 5.74) is 0. The molecule has 1 fully saturated rings. The third kappa shape index (κ3) is 4.30. The van der Waals surface area contributed by atoms with Crippen LogP contribution in [-0.2, 0) is 6.42 Å². The summed E-state index contributed by atoms with van der Waals surface area (Å²) in [4.78, 5) is 4.28. The van der Waals surface area contributed by atoms with Gasteiger partial charge in [0.2, 0.25) is 0 Å². The Morgan fingerprint density at radius 3 is 2.58 bits per heavy atom. The predicted molar refractivity (Wildman–Crippen MR) is 75.9 cm³/mol. The molecule has 108 valence electrons. The van der Waals surface area contributed by atoms with Crippen LogP contribution >= 0.6 is 0 Å². The number of hydrogen-bond donors (Lipinski definition) is 1. The van der Waals surface area contributed by atoms with E-state index in [1.165, 1.54) is 38.5 Å². The van der Waals surface area contributed by atoms with Gasteiger partial charge >= 0.3 is 0 Å². The van der Waals surface area contributed by atoms with E-state index >= 15 is 0 Å². The summed E-state index contributed by atoms with van der Waals surface area (Å²) in [6, 6.07) is 0.308. The Bertz CT molecular complexity index is 367. The van der Waals surface area contributed by atoms with Crippen LogP contribution in [0.1, 0.15) is 70.7 Å². The molecule has 4 nitrogen and oxygen atoms in total. The summed E-state index contributed by atoms with van der Waals surface area (Å²) >= 11 is 0. The molecule has 1 aromatic heterocycles. The highest BCUT2D eigenvalue weighted by atomic mass is 16.3. The molecule has 0 aliphatic heterocycles. The molecule has 0 saturated heterocycles. The van der Waals surface area contributed by atoms with Crippen LogP contribution in [-0.4, -0.2) is 26.0 Å². The quantitative estimate of drug-likeness (QED) is 0.832. The maximum absolute atomic E-state index is 10.3. The van der Waals surface area contributed by atoms with Gasteiger partial charge in [-0.1, -0.05) is 38.5 Å². The van der Waals surface area contributed by atoms with Gasteiger partial charge in [0.15, 0.2) is 0 Å². The molecular formula is C15H27N3O. The highest BCUT2D eigenvalue weighted by molar-refractivity contribution is 4.89. The van der Waals surface area contributed by atoms with Crippen molar-refractivity contribution in [2.24, 2.45) is 5.92 Å². The van der Waals surface area contributed by atoms with Crippen LogP contribution in [0.5, 0.6) is 0 Å². The summed E-state index contributed by atoms with van der Waals surface area (Å²) in [6.45, 7) is 4.19. The van der Waals surface area contributed by atoms with Gasteiger partial charge in [-0.15, -0.1) is 0 Å². The van der Waals surface area contributed by atoms with Crippen molar-refractivity contribution in [3.63, 3.8) is 0 Å². The first kappa shape index (κ1) is 14.5. The van der Waals surface area contributed by atoms with Gasteiger partial charge in [-0.3, -0.25) is 0 Å². The number of aliphatic hydroxyl groups excluding tert-OH is 1. The summed E-state index contributed by atoms with van der Waals surface area (Å²) in [5.74, 6) is 1.61. The maximum Gasteiger partial charge on any atom is 0.138 e. The van der Waals surface area contributed by atoms with Crippen molar-refractivity contribution in [3.8, 4) is 0 Å². The van der Waals surface area contributed by atoms with Crippen LogP contribution in [0.2, 0.25) is 0 Å². The standard InChI is InChI=1S/C15H27N3O/c1-12(2)18-15(16-11-17-18)10-14(19)9-13-7-5-3-4-6-8-13/h11-14,19H,3-10H2,1-2H3. The number of nitrogens with zero attached hydrogens (tertiary/aromatic N) is 3. The van der Waals surface area contributed by atoms with Crippen LogP contribution in [0, 0.1) is 5.92 Å². The summed E-state index contributed by atoms with van der Waals surface area (Å²) in [7, 11) is 0. The number of aliphatic hydroxyl groups is 1. The Morgan fingerprint density at radius 2 is 1.95 bits per heavy atom. The van der Waals surface area contributed by atoms with E-state index in [1.807, 2.05) is 4.68 Å². The Hall–Kier alpha value is -0.900. The first-order valence-electron chi connectivity index (χ1n) is 7.73. The molecular weight excluding hydrogens is 238 g/mol. The normalized spacial score (nSPS) is 19.6. The van der Waals surface area contributed by atoms with E-state index in [0.29, 0.717) is 18.4 Å². The molecule has 1 N–H and O–H groups in total. The van der Waals surface area contributed by atoms with Gasteiger partial charge < -0.3 is 5.11 Å². The SMILES string of the molecule is CC(C)n1ncnc1CC(O)CC1CCCCCC1. The van der Waals surface area contributed by atoms with Crippen LogP contribution in [0.15, 0.2) is 6.33 Å². The van der Waals surface area contributed by atoms with Crippen molar-refractivity contribution in [1.82, 2.24) is 14.8 Å². The fourth-order valence-electron chi connectivity index (χ4n) is 3.13. The smallest absolute Gasteiger partial charge is 0.138 e. The second-order valence-corrected chi connectivity index (χ2v) is 6.17. The largest absolute Gasteiger partial charge is 0.393 e. The lowest BCUT2D eigenvalue weighted by Gasteiger charge is -2.19. The van der Waals surface area contributed by atoms with Crippen molar-refractivity contribution in [2.45, 2.75) is 77.4 Å². The monoisotopic (exact) mass is 265 g/mol. The summed E-state index contributed by atoms with van der Waals surface area (Å²) in [6.07, 6.45) is 10.8. The molecule has 0 radical (unpaired) electrons. The zero-order valence-electron chi connectivity index (χ0n) is 12.3. The van der Waals surface area contributed by atoms with Crippen LogP contribution < -0.4 is 0 Å². The van der Waals surface area contributed by atoms with Gasteiger partial charge in [0.25, 0.3) is 0 Å². The maximum atomic E-state index is 10.3. The topological polar surface area (TPSA) is 50.9 Å². The Kier molecular flexibility index (Phi) is 5.37. The fraction of sp³-hybridized carbons (Fsp3) is 0.867. The lowest BCUT2D eigenvalue weighted by atomic mass is 9.92. The molecule has 0 aromatic carbocycles. The van der Waals surface area contributed by atoms with Gasteiger partial charge in [-0.05, 0) is 26.2 Å². The number of aromatic nitrogens is 3. The Morgan fingerprint density at radius 1 is 1.26 bits per heavy atom. The third-order valence-electron chi connectivity index (χ3n) is 4.13. The molecule has 0 bridgehead atoms. The first-order chi connectivity index (χ1) is 9.16. The Balaban J connectivity index is 1.86. The van der Waals surface area contributed by atoms with Gasteiger partial charge in [-0.25, -0.2) is 9.67 Å². The van der Waals surface area contributed by atoms with E-state index in [2.05, 4.69) is 23.9 Å². The summed E-state index contributed by atoms with van der Waals surface area (Å²) in [5, 5.41) is 14.5.